The average molecular weight is 481 g/mol. The summed E-state index contributed by atoms with van der Waals surface area (Å²) in [5.74, 6) is -0.0250. The number of hydrogen-bond acceptors (Lipinski definition) is 6. The molecule has 5 atom stereocenters. The van der Waals surface area contributed by atoms with Crippen molar-refractivity contribution in [2.45, 2.75) is 82.5 Å². The smallest absolute Gasteiger partial charge is 0.0975 e. The fourth-order valence-electron chi connectivity index (χ4n) is 6.82. The van der Waals surface area contributed by atoms with Crippen LogP contribution in [0.15, 0.2) is 52.6 Å². The summed E-state index contributed by atoms with van der Waals surface area (Å²) >= 11 is 0. The van der Waals surface area contributed by atoms with Gasteiger partial charge in [0.25, 0.3) is 0 Å². The first-order valence-electron chi connectivity index (χ1n) is 13.5. The van der Waals surface area contributed by atoms with Crippen molar-refractivity contribution in [3.8, 4) is 0 Å². The highest BCUT2D eigenvalue weighted by molar-refractivity contribution is 5.52. The van der Waals surface area contributed by atoms with Crippen LogP contribution in [0, 0.1) is 11.3 Å². The van der Waals surface area contributed by atoms with Gasteiger partial charge in [0.1, 0.15) is 0 Å². The molecule has 0 bridgehead atoms. The van der Waals surface area contributed by atoms with Gasteiger partial charge >= 0.3 is 0 Å². The molecule has 1 aromatic rings. The van der Waals surface area contributed by atoms with Crippen LogP contribution in [0.3, 0.4) is 0 Å². The highest BCUT2D eigenvalue weighted by atomic mass is 16.6. The van der Waals surface area contributed by atoms with Crippen LogP contribution < -0.4 is 11.5 Å². The monoisotopic (exact) mass is 480 g/mol. The number of nitrogens with two attached hydrogens (primary N) is 2. The molecular formula is C29H40N2O4. The standard InChI is InChI=1S/C29H40N2O4/c1-3-28(4-2)26(13-22-17-35-22)24(11-20-15-33-20)23(10-19-14-32-19)25(12-21-16-34-21)27(28)29(30,31)18-8-6-5-7-9-18/h5-9,19-22,27H,3-4,10-17,30-31H2,1-2H3. The lowest BCUT2D eigenvalue weighted by molar-refractivity contribution is 0.114. The Morgan fingerprint density at radius 1 is 0.743 bits per heavy atom. The molecule has 0 radical (unpaired) electrons. The van der Waals surface area contributed by atoms with E-state index in [1.54, 1.807) is 0 Å². The van der Waals surface area contributed by atoms with Gasteiger partial charge in [-0.3, -0.25) is 0 Å². The molecule has 4 N–H and O–H groups in total. The van der Waals surface area contributed by atoms with Gasteiger partial charge in [0.2, 0.25) is 0 Å². The predicted molar refractivity (Wildman–Crippen MR) is 134 cm³/mol. The van der Waals surface area contributed by atoms with Crippen molar-refractivity contribution in [2.24, 2.45) is 22.8 Å². The second kappa shape index (κ2) is 9.09. The molecule has 6 heteroatoms. The van der Waals surface area contributed by atoms with Gasteiger partial charge in [0.15, 0.2) is 0 Å². The molecule has 0 aromatic heterocycles. The number of benzene rings is 1. The van der Waals surface area contributed by atoms with E-state index >= 15 is 0 Å². The number of epoxide rings is 4. The Morgan fingerprint density at radius 3 is 1.74 bits per heavy atom. The lowest BCUT2D eigenvalue weighted by Crippen LogP contribution is -2.60. The van der Waals surface area contributed by atoms with E-state index in [-0.39, 0.29) is 23.5 Å². The van der Waals surface area contributed by atoms with E-state index < -0.39 is 5.66 Å². The van der Waals surface area contributed by atoms with Gasteiger partial charge in [-0.15, -0.1) is 0 Å². The fourth-order valence-corrected chi connectivity index (χ4v) is 6.82. The Hall–Kier alpha value is -1.54. The Labute approximate surface area is 209 Å². The quantitative estimate of drug-likeness (QED) is 0.347. The van der Waals surface area contributed by atoms with E-state index in [9.17, 15) is 0 Å². The van der Waals surface area contributed by atoms with Crippen LogP contribution in [0.2, 0.25) is 0 Å². The third-order valence-corrected chi connectivity index (χ3v) is 8.98. The van der Waals surface area contributed by atoms with E-state index in [1.807, 2.05) is 18.2 Å². The highest BCUT2D eigenvalue weighted by Crippen LogP contribution is 2.60. The molecule has 35 heavy (non-hydrogen) atoms. The molecular weight excluding hydrogens is 440 g/mol. The summed E-state index contributed by atoms with van der Waals surface area (Å²) in [5, 5.41) is 0. The Kier molecular flexibility index (Phi) is 6.19. The van der Waals surface area contributed by atoms with Gasteiger partial charge in [-0.25, -0.2) is 0 Å². The predicted octanol–water partition coefficient (Wildman–Crippen LogP) is 3.94. The molecule has 4 heterocycles. The van der Waals surface area contributed by atoms with Crippen molar-refractivity contribution >= 4 is 0 Å². The largest absolute Gasteiger partial charge is 0.373 e. The average Bonchev–Trinajstić information content (AvgIpc) is 3.70. The molecule has 6 nitrogen and oxygen atoms in total. The second-order valence-corrected chi connectivity index (χ2v) is 11.2. The van der Waals surface area contributed by atoms with Crippen LogP contribution in [-0.4, -0.2) is 50.8 Å². The third kappa shape index (κ3) is 4.65. The first-order chi connectivity index (χ1) is 17.0. The summed E-state index contributed by atoms with van der Waals surface area (Å²) in [6, 6.07) is 10.3. The maximum absolute atomic E-state index is 7.30. The molecule has 5 unspecified atom stereocenters. The molecule has 0 spiro atoms. The summed E-state index contributed by atoms with van der Waals surface area (Å²) in [5.41, 5.74) is 20.2. The van der Waals surface area contributed by atoms with Crippen molar-refractivity contribution in [1.29, 1.82) is 0 Å². The van der Waals surface area contributed by atoms with E-state index in [2.05, 4.69) is 26.0 Å². The van der Waals surface area contributed by atoms with Gasteiger partial charge in [0, 0.05) is 24.2 Å². The zero-order chi connectivity index (χ0) is 24.2. The number of rotatable bonds is 12. The molecule has 1 aromatic carbocycles. The lowest BCUT2D eigenvalue weighted by atomic mass is 9.52. The van der Waals surface area contributed by atoms with Crippen LogP contribution in [0.4, 0.5) is 0 Å². The van der Waals surface area contributed by atoms with E-state index in [4.69, 9.17) is 30.4 Å². The zero-order valence-electron chi connectivity index (χ0n) is 21.1. The summed E-state index contributed by atoms with van der Waals surface area (Å²) < 4.78 is 23.2. The molecule has 4 saturated heterocycles. The minimum Gasteiger partial charge on any atom is -0.373 e. The molecule has 6 rings (SSSR count). The zero-order valence-corrected chi connectivity index (χ0v) is 21.1. The van der Waals surface area contributed by atoms with Gasteiger partial charge in [-0.1, -0.05) is 55.3 Å². The van der Waals surface area contributed by atoms with Crippen LogP contribution in [0.5, 0.6) is 0 Å². The van der Waals surface area contributed by atoms with E-state index in [0.717, 1.165) is 70.5 Å². The number of hydrogen-bond donors (Lipinski definition) is 2. The van der Waals surface area contributed by atoms with Gasteiger partial charge < -0.3 is 30.4 Å². The number of ether oxygens (including phenoxy) is 4. The van der Waals surface area contributed by atoms with Crippen LogP contribution in [0.1, 0.15) is 57.9 Å². The Morgan fingerprint density at radius 2 is 1.23 bits per heavy atom. The van der Waals surface area contributed by atoms with Gasteiger partial charge in [0.05, 0.1) is 56.5 Å². The molecule has 1 aliphatic carbocycles. The van der Waals surface area contributed by atoms with Crippen molar-refractivity contribution in [2.75, 3.05) is 26.4 Å². The highest BCUT2D eigenvalue weighted by Gasteiger charge is 2.55. The fraction of sp³-hybridized carbons (Fsp3) is 0.655. The van der Waals surface area contributed by atoms with Crippen molar-refractivity contribution in [1.82, 2.24) is 0 Å². The molecule has 4 aliphatic heterocycles. The Bertz CT molecular complexity index is 997. The lowest BCUT2D eigenvalue weighted by Gasteiger charge is -2.54. The van der Waals surface area contributed by atoms with E-state index in [1.165, 1.54) is 22.3 Å². The maximum atomic E-state index is 7.30. The third-order valence-electron chi connectivity index (χ3n) is 8.98. The summed E-state index contributed by atoms with van der Waals surface area (Å²) in [6.45, 7) is 7.97. The molecule has 4 fully saturated rings. The minimum atomic E-state index is -1.01. The first kappa shape index (κ1) is 23.8. The second-order valence-electron chi connectivity index (χ2n) is 11.2. The van der Waals surface area contributed by atoms with Crippen molar-refractivity contribution in [3.63, 3.8) is 0 Å². The topological polar surface area (TPSA) is 102 Å². The van der Waals surface area contributed by atoms with Crippen molar-refractivity contribution < 1.29 is 18.9 Å². The van der Waals surface area contributed by atoms with Gasteiger partial charge in [-0.05, 0) is 42.4 Å². The summed E-state index contributed by atoms with van der Waals surface area (Å²) in [4.78, 5) is 0. The first-order valence-corrected chi connectivity index (χ1v) is 13.5. The minimum absolute atomic E-state index is 0.0250. The normalized spacial score (nSPS) is 33.2. The summed E-state index contributed by atoms with van der Waals surface area (Å²) in [6.07, 6.45) is 6.84. The van der Waals surface area contributed by atoms with Crippen LogP contribution >= 0.6 is 0 Å². The maximum Gasteiger partial charge on any atom is 0.0975 e. The van der Waals surface area contributed by atoms with Crippen LogP contribution in [-0.2, 0) is 24.6 Å². The van der Waals surface area contributed by atoms with E-state index in [0.29, 0.717) is 12.2 Å². The van der Waals surface area contributed by atoms with Crippen LogP contribution in [0.25, 0.3) is 0 Å². The molecule has 0 saturated carbocycles. The molecule has 190 valence electrons. The SMILES string of the molecule is CCC1(CC)C(CC2CO2)=C(CC2CO2)C(CC2CO2)=C(CC2CO2)C1C(N)(N)c1ccccc1. The molecule has 5 aliphatic rings. The summed E-state index contributed by atoms with van der Waals surface area (Å²) in [7, 11) is 0. The van der Waals surface area contributed by atoms with Gasteiger partial charge in [-0.2, -0.15) is 0 Å². The molecule has 0 amide bonds. The van der Waals surface area contributed by atoms with Crippen molar-refractivity contribution in [3.05, 3.63) is 58.2 Å². The Balaban J connectivity index is 1.57.